The molecule has 0 saturated carbocycles. The zero-order valence-electron chi connectivity index (χ0n) is 15.1. The molecule has 0 bridgehead atoms. The summed E-state index contributed by atoms with van der Waals surface area (Å²) < 4.78 is 0. The smallest absolute Gasteiger partial charge is 0.240 e. The van der Waals surface area contributed by atoms with E-state index in [4.69, 9.17) is 0 Å². The van der Waals surface area contributed by atoms with E-state index in [0.29, 0.717) is 12.3 Å². The highest BCUT2D eigenvalue weighted by Crippen LogP contribution is 2.34. The standard InChI is InChI=1S/C20H22N4O2S/c25-19(13-24-16-5-1-2-6-17(16)27-14-20(24)26)22-12-15-7-8-18(21-11-15)23-9-3-4-10-23/h1-2,5-8,11H,3-4,9-10,12-14H2,(H,22,25). The highest BCUT2D eigenvalue weighted by molar-refractivity contribution is 8.00. The summed E-state index contributed by atoms with van der Waals surface area (Å²) in [5, 5.41) is 2.89. The number of hydrogen-bond donors (Lipinski definition) is 1. The summed E-state index contributed by atoms with van der Waals surface area (Å²) in [6, 6.07) is 11.7. The van der Waals surface area contributed by atoms with Gasteiger partial charge in [-0.25, -0.2) is 4.98 Å². The van der Waals surface area contributed by atoms with Crippen LogP contribution in [0.25, 0.3) is 0 Å². The van der Waals surface area contributed by atoms with Gasteiger partial charge in [0.25, 0.3) is 0 Å². The minimum absolute atomic E-state index is 0.0366. The number of hydrogen-bond acceptors (Lipinski definition) is 5. The Morgan fingerprint density at radius 2 is 1.96 bits per heavy atom. The first-order chi connectivity index (χ1) is 13.2. The number of nitrogens with zero attached hydrogens (tertiary/aromatic N) is 3. The van der Waals surface area contributed by atoms with Crippen LogP contribution in [0, 0.1) is 0 Å². The molecule has 0 spiro atoms. The van der Waals surface area contributed by atoms with Gasteiger partial charge in [0.1, 0.15) is 12.4 Å². The second-order valence-electron chi connectivity index (χ2n) is 6.73. The zero-order valence-corrected chi connectivity index (χ0v) is 15.9. The second-order valence-corrected chi connectivity index (χ2v) is 7.75. The minimum Gasteiger partial charge on any atom is -0.357 e. The second kappa shape index (κ2) is 8.00. The third-order valence-electron chi connectivity index (χ3n) is 4.84. The first kappa shape index (κ1) is 17.9. The summed E-state index contributed by atoms with van der Waals surface area (Å²) in [5.41, 5.74) is 1.76. The summed E-state index contributed by atoms with van der Waals surface area (Å²) in [4.78, 5) is 34.0. The maximum Gasteiger partial charge on any atom is 0.240 e. The fourth-order valence-electron chi connectivity index (χ4n) is 3.38. The number of benzene rings is 1. The lowest BCUT2D eigenvalue weighted by Crippen LogP contribution is -2.43. The van der Waals surface area contributed by atoms with Crippen molar-refractivity contribution in [1.82, 2.24) is 10.3 Å². The number of carbonyl (C=O) groups excluding carboxylic acids is 2. The van der Waals surface area contributed by atoms with Crippen molar-refractivity contribution in [3.8, 4) is 0 Å². The highest BCUT2D eigenvalue weighted by atomic mass is 32.2. The lowest BCUT2D eigenvalue weighted by atomic mass is 10.2. The van der Waals surface area contributed by atoms with Gasteiger partial charge in [-0.15, -0.1) is 11.8 Å². The Labute approximate surface area is 162 Å². The molecule has 0 aliphatic carbocycles. The molecule has 1 aromatic heterocycles. The molecule has 6 nitrogen and oxygen atoms in total. The molecule has 3 heterocycles. The Balaban J connectivity index is 1.34. The number of para-hydroxylation sites is 1. The molecule has 2 aliphatic rings. The molecule has 140 valence electrons. The maximum absolute atomic E-state index is 12.4. The molecule has 1 saturated heterocycles. The number of rotatable bonds is 5. The van der Waals surface area contributed by atoms with Crippen LogP contribution in [0.5, 0.6) is 0 Å². The van der Waals surface area contributed by atoms with Crippen molar-refractivity contribution in [1.29, 1.82) is 0 Å². The van der Waals surface area contributed by atoms with Crippen molar-refractivity contribution in [2.75, 3.05) is 35.2 Å². The van der Waals surface area contributed by atoms with E-state index >= 15 is 0 Å². The predicted octanol–water partition coefficient (Wildman–Crippen LogP) is 2.44. The van der Waals surface area contributed by atoms with Gasteiger partial charge in [0.15, 0.2) is 0 Å². The summed E-state index contributed by atoms with van der Waals surface area (Å²) in [7, 11) is 0. The van der Waals surface area contributed by atoms with Crippen molar-refractivity contribution in [3.63, 3.8) is 0 Å². The maximum atomic E-state index is 12.4. The number of thioether (sulfide) groups is 1. The first-order valence-electron chi connectivity index (χ1n) is 9.19. The van der Waals surface area contributed by atoms with Gasteiger partial charge in [0.2, 0.25) is 11.8 Å². The van der Waals surface area contributed by atoms with E-state index in [1.165, 1.54) is 24.6 Å². The molecular formula is C20H22N4O2S. The van der Waals surface area contributed by atoms with E-state index in [2.05, 4.69) is 15.2 Å². The average Bonchev–Trinajstić information content (AvgIpc) is 3.24. The number of anilines is 2. The van der Waals surface area contributed by atoms with E-state index < -0.39 is 0 Å². The number of amides is 2. The van der Waals surface area contributed by atoms with Crippen molar-refractivity contribution < 1.29 is 9.59 Å². The highest BCUT2D eigenvalue weighted by Gasteiger charge is 2.26. The normalized spacial score (nSPS) is 16.4. The van der Waals surface area contributed by atoms with Crippen LogP contribution in [-0.4, -0.2) is 42.2 Å². The Morgan fingerprint density at radius 1 is 1.15 bits per heavy atom. The van der Waals surface area contributed by atoms with E-state index in [1.54, 1.807) is 4.90 Å². The van der Waals surface area contributed by atoms with Gasteiger partial charge < -0.3 is 15.1 Å². The van der Waals surface area contributed by atoms with Gasteiger partial charge in [0, 0.05) is 30.7 Å². The number of aromatic nitrogens is 1. The Hall–Kier alpha value is -2.54. The van der Waals surface area contributed by atoms with Crippen LogP contribution in [-0.2, 0) is 16.1 Å². The van der Waals surface area contributed by atoms with E-state index in [0.717, 1.165) is 35.1 Å². The molecule has 0 unspecified atom stereocenters. The summed E-state index contributed by atoms with van der Waals surface area (Å²) in [6.45, 7) is 2.57. The zero-order chi connectivity index (χ0) is 18.6. The van der Waals surface area contributed by atoms with Crippen molar-refractivity contribution in [2.45, 2.75) is 24.3 Å². The van der Waals surface area contributed by atoms with Gasteiger partial charge in [-0.05, 0) is 36.6 Å². The van der Waals surface area contributed by atoms with Gasteiger partial charge in [-0.2, -0.15) is 0 Å². The Bertz CT molecular complexity index is 834. The van der Waals surface area contributed by atoms with Crippen molar-refractivity contribution in [2.24, 2.45) is 0 Å². The van der Waals surface area contributed by atoms with E-state index in [-0.39, 0.29) is 18.4 Å². The monoisotopic (exact) mass is 382 g/mol. The van der Waals surface area contributed by atoms with E-state index in [9.17, 15) is 9.59 Å². The third-order valence-corrected chi connectivity index (χ3v) is 5.89. The Morgan fingerprint density at radius 3 is 2.74 bits per heavy atom. The molecule has 27 heavy (non-hydrogen) atoms. The molecule has 1 N–H and O–H groups in total. The van der Waals surface area contributed by atoms with Gasteiger partial charge >= 0.3 is 0 Å². The summed E-state index contributed by atoms with van der Waals surface area (Å²) in [6.07, 6.45) is 4.25. The average molecular weight is 382 g/mol. The van der Waals surface area contributed by atoms with Gasteiger partial charge in [0.05, 0.1) is 11.4 Å². The molecule has 2 amide bonds. The first-order valence-corrected chi connectivity index (χ1v) is 10.2. The van der Waals surface area contributed by atoms with Crippen LogP contribution in [0.15, 0.2) is 47.5 Å². The van der Waals surface area contributed by atoms with Gasteiger partial charge in [-0.3, -0.25) is 9.59 Å². The van der Waals surface area contributed by atoms with E-state index in [1.807, 2.05) is 42.6 Å². The lowest BCUT2D eigenvalue weighted by molar-refractivity contribution is -0.123. The number of nitrogens with one attached hydrogen (secondary N) is 1. The molecule has 1 aromatic carbocycles. The number of pyridine rings is 1. The number of fused-ring (bicyclic) bond motifs is 1. The lowest BCUT2D eigenvalue weighted by Gasteiger charge is -2.28. The summed E-state index contributed by atoms with van der Waals surface area (Å²) in [5.74, 6) is 1.15. The predicted molar refractivity (Wildman–Crippen MR) is 107 cm³/mol. The van der Waals surface area contributed by atoms with Crippen LogP contribution in [0.3, 0.4) is 0 Å². The van der Waals surface area contributed by atoms with Crippen molar-refractivity contribution >= 4 is 35.1 Å². The fraction of sp³-hybridized carbons (Fsp3) is 0.350. The summed E-state index contributed by atoms with van der Waals surface area (Å²) >= 11 is 1.51. The van der Waals surface area contributed by atoms with Gasteiger partial charge in [-0.1, -0.05) is 18.2 Å². The third kappa shape index (κ3) is 4.08. The molecule has 0 atom stereocenters. The molecule has 2 aliphatic heterocycles. The topological polar surface area (TPSA) is 65.5 Å². The van der Waals surface area contributed by atoms with Crippen LogP contribution in [0.4, 0.5) is 11.5 Å². The fourth-order valence-corrected chi connectivity index (χ4v) is 4.32. The quantitative estimate of drug-likeness (QED) is 0.860. The number of carbonyl (C=O) groups is 2. The SMILES string of the molecule is O=C(CN1C(=O)CSc2ccccc21)NCc1ccc(N2CCCC2)nc1. The Kier molecular flexibility index (Phi) is 5.29. The molecule has 1 fully saturated rings. The molecule has 4 rings (SSSR count). The van der Waals surface area contributed by atoms with Crippen LogP contribution < -0.4 is 15.1 Å². The largest absolute Gasteiger partial charge is 0.357 e. The van der Waals surface area contributed by atoms with Crippen LogP contribution >= 0.6 is 11.8 Å². The van der Waals surface area contributed by atoms with Crippen LogP contribution in [0.1, 0.15) is 18.4 Å². The van der Waals surface area contributed by atoms with Crippen LogP contribution in [0.2, 0.25) is 0 Å². The van der Waals surface area contributed by atoms with Crippen molar-refractivity contribution in [3.05, 3.63) is 48.2 Å². The molecule has 0 radical (unpaired) electrons. The molecular weight excluding hydrogens is 360 g/mol. The molecule has 2 aromatic rings. The molecule has 7 heteroatoms. The minimum atomic E-state index is -0.173.